The highest BCUT2D eigenvalue weighted by molar-refractivity contribution is 7.99. The number of carbonyl (C=O) groups excluding carboxylic acids is 1. The first-order valence-electron chi connectivity index (χ1n) is 4.07. The molecular formula is C8H15NOS. The number of nitrogens with one attached hydrogen (secondary N) is 1. The lowest BCUT2D eigenvalue weighted by molar-refractivity contribution is -0.119. The Balaban J connectivity index is 2.13. The summed E-state index contributed by atoms with van der Waals surface area (Å²) in [6.45, 7) is 5.27. The molecule has 0 aromatic rings. The smallest absolute Gasteiger partial charge is 0.220 e. The van der Waals surface area contributed by atoms with Gasteiger partial charge in [0.2, 0.25) is 5.91 Å². The van der Waals surface area contributed by atoms with E-state index in [2.05, 4.69) is 19.2 Å². The highest BCUT2D eigenvalue weighted by Crippen LogP contribution is 2.18. The van der Waals surface area contributed by atoms with Crippen molar-refractivity contribution in [1.29, 1.82) is 0 Å². The van der Waals surface area contributed by atoms with E-state index in [-0.39, 0.29) is 5.91 Å². The molecule has 1 fully saturated rings. The van der Waals surface area contributed by atoms with E-state index in [1.165, 1.54) is 0 Å². The molecule has 0 saturated carbocycles. The Kier molecular flexibility index (Phi) is 3.24. The third-order valence-corrected chi connectivity index (χ3v) is 3.06. The van der Waals surface area contributed by atoms with Crippen LogP contribution in [0, 0.1) is 5.92 Å². The zero-order chi connectivity index (χ0) is 8.27. The first-order valence-corrected chi connectivity index (χ1v) is 5.11. The van der Waals surface area contributed by atoms with Crippen molar-refractivity contribution in [1.82, 2.24) is 5.32 Å². The van der Waals surface area contributed by atoms with Crippen LogP contribution in [0.15, 0.2) is 0 Å². The summed E-state index contributed by atoms with van der Waals surface area (Å²) in [5, 5.41) is 3.53. The monoisotopic (exact) mass is 173 g/mol. The van der Waals surface area contributed by atoms with Crippen molar-refractivity contribution in [3.63, 3.8) is 0 Å². The maximum atomic E-state index is 10.8. The van der Waals surface area contributed by atoms with Crippen molar-refractivity contribution >= 4 is 17.7 Å². The average molecular weight is 173 g/mol. The summed E-state index contributed by atoms with van der Waals surface area (Å²) in [4.78, 5) is 10.8. The summed E-state index contributed by atoms with van der Waals surface area (Å²) in [6.07, 6.45) is 0.736. The quantitative estimate of drug-likeness (QED) is 0.696. The van der Waals surface area contributed by atoms with Gasteiger partial charge in [-0.05, 0) is 16.9 Å². The Labute approximate surface area is 72.1 Å². The molecule has 1 saturated heterocycles. The molecule has 0 aromatic heterocycles. The number of thioether (sulfide) groups is 1. The Morgan fingerprint density at radius 2 is 2.45 bits per heavy atom. The van der Waals surface area contributed by atoms with Crippen LogP contribution in [0.1, 0.15) is 20.3 Å². The number of hydrogen-bond acceptors (Lipinski definition) is 2. The number of hydrogen-bond donors (Lipinski definition) is 1. The SMILES string of the molecule is CC(C)SCC1CNC(=O)C1. The molecule has 1 rings (SSSR count). The molecule has 1 unspecified atom stereocenters. The normalized spacial score (nSPS) is 24.3. The summed E-state index contributed by atoms with van der Waals surface area (Å²) < 4.78 is 0. The summed E-state index contributed by atoms with van der Waals surface area (Å²) in [5.41, 5.74) is 0. The Bertz CT molecular complexity index is 147. The van der Waals surface area contributed by atoms with Crippen molar-refractivity contribution in [2.24, 2.45) is 5.92 Å². The van der Waals surface area contributed by atoms with Crippen molar-refractivity contribution in [2.75, 3.05) is 12.3 Å². The minimum atomic E-state index is 0.222. The highest BCUT2D eigenvalue weighted by Gasteiger charge is 2.21. The second-order valence-electron chi connectivity index (χ2n) is 3.26. The van der Waals surface area contributed by atoms with Gasteiger partial charge in [0.05, 0.1) is 0 Å². The van der Waals surface area contributed by atoms with E-state index < -0.39 is 0 Å². The molecule has 0 bridgehead atoms. The van der Waals surface area contributed by atoms with Crippen molar-refractivity contribution in [3.05, 3.63) is 0 Å². The van der Waals surface area contributed by atoms with E-state index in [1.807, 2.05) is 11.8 Å². The summed E-state index contributed by atoms with van der Waals surface area (Å²) in [5.74, 6) is 1.92. The Morgan fingerprint density at radius 3 is 2.91 bits per heavy atom. The summed E-state index contributed by atoms with van der Waals surface area (Å²) in [7, 11) is 0. The van der Waals surface area contributed by atoms with Crippen LogP contribution in [0.4, 0.5) is 0 Å². The predicted molar refractivity (Wildman–Crippen MR) is 48.7 cm³/mol. The number of carbonyl (C=O) groups is 1. The van der Waals surface area contributed by atoms with Crippen LogP contribution < -0.4 is 5.32 Å². The molecule has 1 aliphatic rings. The second kappa shape index (κ2) is 4.00. The van der Waals surface area contributed by atoms with Crippen LogP contribution >= 0.6 is 11.8 Å². The van der Waals surface area contributed by atoms with Gasteiger partial charge >= 0.3 is 0 Å². The molecule has 0 aliphatic carbocycles. The largest absolute Gasteiger partial charge is 0.356 e. The molecule has 11 heavy (non-hydrogen) atoms. The second-order valence-corrected chi connectivity index (χ2v) is 4.87. The first-order chi connectivity index (χ1) is 5.18. The van der Waals surface area contributed by atoms with E-state index in [0.717, 1.165) is 18.7 Å². The predicted octanol–water partition coefficient (Wildman–Crippen LogP) is 1.26. The van der Waals surface area contributed by atoms with Gasteiger partial charge in [0.15, 0.2) is 0 Å². The zero-order valence-corrected chi connectivity index (χ0v) is 7.91. The average Bonchev–Trinajstić information content (AvgIpc) is 2.31. The molecule has 1 amide bonds. The first kappa shape index (κ1) is 8.91. The minimum absolute atomic E-state index is 0.222. The maximum absolute atomic E-state index is 10.8. The van der Waals surface area contributed by atoms with Gasteiger partial charge in [0.1, 0.15) is 0 Å². The van der Waals surface area contributed by atoms with Crippen LogP contribution in [-0.4, -0.2) is 23.5 Å². The van der Waals surface area contributed by atoms with Gasteiger partial charge < -0.3 is 5.32 Å². The fourth-order valence-electron chi connectivity index (χ4n) is 1.11. The molecule has 0 spiro atoms. The lowest BCUT2D eigenvalue weighted by Crippen LogP contribution is -2.14. The zero-order valence-electron chi connectivity index (χ0n) is 7.09. The van der Waals surface area contributed by atoms with Crippen LogP contribution in [0.5, 0.6) is 0 Å². The maximum Gasteiger partial charge on any atom is 0.220 e. The van der Waals surface area contributed by atoms with Crippen LogP contribution in [-0.2, 0) is 4.79 Å². The number of rotatable bonds is 3. The molecule has 2 nitrogen and oxygen atoms in total. The van der Waals surface area contributed by atoms with Gasteiger partial charge in [-0.25, -0.2) is 0 Å². The fraction of sp³-hybridized carbons (Fsp3) is 0.875. The molecule has 3 heteroatoms. The lowest BCUT2D eigenvalue weighted by atomic mass is 10.1. The molecule has 0 radical (unpaired) electrons. The van der Waals surface area contributed by atoms with Gasteiger partial charge in [-0.1, -0.05) is 13.8 Å². The lowest BCUT2D eigenvalue weighted by Gasteiger charge is -2.08. The molecule has 64 valence electrons. The van der Waals surface area contributed by atoms with Crippen molar-refractivity contribution in [3.8, 4) is 0 Å². The van der Waals surface area contributed by atoms with Gasteiger partial charge in [-0.2, -0.15) is 11.8 Å². The van der Waals surface area contributed by atoms with E-state index in [1.54, 1.807) is 0 Å². The molecule has 1 aliphatic heterocycles. The van der Waals surface area contributed by atoms with Crippen LogP contribution in [0.25, 0.3) is 0 Å². The van der Waals surface area contributed by atoms with E-state index in [9.17, 15) is 4.79 Å². The van der Waals surface area contributed by atoms with Gasteiger partial charge in [-0.3, -0.25) is 4.79 Å². The fourth-order valence-corrected chi connectivity index (χ4v) is 2.00. The Morgan fingerprint density at radius 1 is 1.73 bits per heavy atom. The standard InChI is InChI=1S/C8H15NOS/c1-6(2)11-5-7-3-8(10)9-4-7/h6-7H,3-5H2,1-2H3,(H,9,10). The van der Waals surface area contributed by atoms with E-state index >= 15 is 0 Å². The Hall–Kier alpha value is -0.180. The molecule has 1 heterocycles. The van der Waals surface area contributed by atoms with Gasteiger partial charge in [0, 0.05) is 13.0 Å². The molecule has 1 N–H and O–H groups in total. The van der Waals surface area contributed by atoms with Gasteiger partial charge in [0.25, 0.3) is 0 Å². The highest BCUT2D eigenvalue weighted by atomic mass is 32.2. The molecule has 1 atom stereocenters. The van der Waals surface area contributed by atoms with E-state index in [4.69, 9.17) is 0 Å². The molecular weight excluding hydrogens is 158 g/mol. The van der Waals surface area contributed by atoms with Gasteiger partial charge in [-0.15, -0.1) is 0 Å². The van der Waals surface area contributed by atoms with Crippen molar-refractivity contribution in [2.45, 2.75) is 25.5 Å². The van der Waals surface area contributed by atoms with Crippen LogP contribution in [0.3, 0.4) is 0 Å². The molecule has 0 aromatic carbocycles. The summed E-state index contributed by atoms with van der Waals surface area (Å²) in [6, 6.07) is 0. The minimum Gasteiger partial charge on any atom is -0.356 e. The third kappa shape index (κ3) is 3.14. The van der Waals surface area contributed by atoms with Crippen molar-refractivity contribution < 1.29 is 4.79 Å². The van der Waals surface area contributed by atoms with E-state index in [0.29, 0.717) is 11.2 Å². The topological polar surface area (TPSA) is 29.1 Å². The summed E-state index contributed by atoms with van der Waals surface area (Å²) >= 11 is 1.94. The number of amides is 1. The third-order valence-electron chi connectivity index (χ3n) is 1.73. The van der Waals surface area contributed by atoms with Crippen LogP contribution in [0.2, 0.25) is 0 Å².